The van der Waals surface area contributed by atoms with Crippen molar-refractivity contribution < 1.29 is 9.59 Å². The molecule has 2 heterocycles. The summed E-state index contributed by atoms with van der Waals surface area (Å²) < 4.78 is 0. The summed E-state index contributed by atoms with van der Waals surface area (Å²) in [5.41, 5.74) is 2.95. The number of Topliss-reactive ketones (excluding diaryl/α,β-unsaturated/α-hetero) is 2. The molecule has 5 rings (SSSR count). The zero-order chi connectivity index (χ0) is 19.1. The zero-order valence-electron chi connectivity index (χ0n) is 16.3. The first-order chi connectivity index (χ1) is 13.7. The molecule has 3 nitrogen and oxygen atoms in total. The summed E-state index contributed by atoms with van der Waals surface area (Å²) >= 11 is 0. The summed E-state index contributed by atoms with van der Waals surface area (Å²) in [4.78, 5) is 28.9. The van der Waals surface area contributed by atoms with Crippen molar-refractivity contribution in [3.63, 3.8) is 0 Å². The van der Waals surface area contributed by atoms with Gasteiger partial charge in [-0.05, 0) is 55.2 Å². The number of anilines is 1. The smallest absolute Gasteiger partial charge is 0.148 e. The van der Waals surface area contributed by atoms with Gasteiger partial charge in [0.1, 0.15) is 17.0 Å². The molecule has 0 bridgehead atoms. The number of fused-ring (bicyclic) bond motifs is 4. The topological polar surface area (TPSA) is 37.4 Å². The van der Waals surface area contributed by atoms with E-state index in [0.29, 0.717) is 25.2 Å². The molecule has 0 aromatic heterocycles. The van der Waals surface area contributed by atoms with E-state index in [-0.39, 0.29) is 17.6 Å². The average Bonchev–Trinajstić information content (AvgIpc) is 2.72. The second-order valence-corrected chi connectivity index (χ2v) is 8.77. The van der Waals surface area contributed by atoms with Crippen LogP contribution in [0.1, 0.15) is 43.2 Å². The fourth-order valence-corrected chi connectivity index (χ4v) is 5.87. The van der Waals surface area contributed by atoms with Gasteiger partial charge in [-0.15, -0.1) is 0 Å². The Balaban J connectivity index is 1.53. The molecule has 2 unspecified atom stereocenters. The van der Waals surface area contributed by atoms with Crippen LogP contribution < -0.4 is 4.90 Å². The van der Waals surface area contributed by atoms with Gasteiger partial charge < -0.3 is 4.90 Å². The van der Waals surface area contributed by atoms with Gasteiger partial charge in [0.05, 0.1) is 0 Å². The minimum atomic E-state index is -0.817. The lowest BCUT2D eigenvalue weighted by Gasteiger charge is -2.54. The van der Waals surface area contributed by atoms with Gasteiger partial charge in [0, 0.05) is 31.1 Å². The van der Waals surface area contributed by atoms with Crippen LogP contribution in [0.15, 0.2) is 54.6 Å². The van der Waals surface area contributed by atoms with Crippen molar-refractivity contribution in [3.8, 4) is 0 Å². The monoisotopic (exact) mass is 373 g/mol. The second kappa shape index (κ2) is 6.88. The van der Waals surface area contributed by atoms with Gasteiger partial charge in [-0.2, -0.15) is 0 Å². The Morgan fingerprint density at radius 2 is 1.64 bits per heavy atom. The van der Waals surface area contributed by atoms with Crippen molar-refractivity contribution in [2.75, 3.05) is 11.4 Å². The molecule has 0 amide bonds. The molecule has 3 aliphatic rings. The molecule has 144 valence electrons. The lowest BCUT2D eigenvalue weighted by Crippen LogP contribution is -2.64. The van der Waals surface area contributed by atoms with Gasteiger partial charge in [0.15, 0.2) is 0 Å². The van der Waals surface area contributed by atoms with Crippen LogP contribution in [0.25, 0.3) is 0 Å². The van der Waals surface area contributed by atoms with Crippen LogP contribution in [-0.2, 0) is 22.4 Å². The lowest BCUT2D eigenvalue weighted by molar-refractivity contribution is -0.146. The van der Waals surface area contributed by atoms with Gasteiger partial charge in [-0.25, -0.2) is 0 Å². The van der Waals surface area contributed by atoms with Gasteiger partial charge in [-0.3, -0.25) is 9.59 Å². The predicted molar refractivity (Wildman–Crippen MR) is 110 cm³/mol. The number of piperidine rings is 1. The summed E-state index contributed by atoms with van der Waals surface area (Å²) in [5.74, 6) is 0.899. The fourth-order valence-electron chi connectivity index (χ4n) is 5.87. The van der Waals surface area contributed by atoms with E-state index in [4.69, 9.17) is 0 Å². The fraction of sp³-hybridized carbons (Fsp3) is 0.440. The van der Waals surface area contributed by atoms with Crippen molar-refractivity contribution in [2.24, 2.45) is 11.3 Å². The third-order valence-corrected chi connectivity index (χ3v) is 7.22. The van der Waals surface area contributed by atoms with Crippen LogP contribution in [-0.4, -0.2) is 24.2 Å². The SMILES string of the molecule is O=C1CCCC(=O)C12Cc1ccccc1N1CCC(Cc3ccccc3)CC12. The maximum Gasteiger partial charge on any atom is 0.148 e. The summed E-state index contributed by atoms with van der Waals surface area (Å²) in [6.45, 7) is 0.932. The highest BCUT2D eigenvalue weighted by Crippen LogP contribution is 2.50. The molecule has 0 radical (unpaired) electrons. The molecule has 1 spiro atoms. The normalized spacial score (nSPS) is 26.1. The van der Waals surface area contributed by atoms with Crippen molar-refractivity contribution in [2.45, 2.75) is 51.0 Å². The number of hydrogen-bond donors (Lipinski definition) is 0. The predicted octanol–water partition coefficient (Wildman–Crippen LogP) is 4.38. The van der Waals surface area contributed by atoms with Crippen molar-refractivity contribution in [1.82, 2.24) is 0 Å². The molecule has 2 aliphatic heterocycles. The number of benzene rings is 2. The highest BCUT2D eigenvalue weighted by atomic mass is 16.2. The Hall–Kier alpha value is -2.42. The van der Waals surface area contributed by atoms with Crippen LogP contribution in [0.3, 0.4) is 0 Å². The molecule has 2 aromatic rings. The zero-order valence-corrected chi connectivity index (χ0v) is 16.3. The quantitative estimate of drug-likeness (QED) is 0.733. The van der Waals surface area contributed by atoms with E-state index in [0.717, 1.165) is 32.2 Å². The van der Waals surface area contributed by atoms with E-state index >= 15 is 0 Å². The molecule has 28 heavy (non-hydrogen) atoms. The number of ketones is 2. The largest absolute Gasteiger partial charge is 0.367 e. The maximum atomic E-state index is 13.3. The van der Waals surface area contributed by atoms with Crippen molar-refractivity contribution in [3.05, 3.63) is 65.7 Å². The minimum absolute atomic E-state index is 0.0187. The molecule has 1 aliphatic carbocycles. The van der Waals surface area contributed by atoms with Crippen LogP contribution in [0, 0.1) is 11.3 Å². The Morgan fingerprint density at radius 3 is 2.43 bits per heavy atom. The van der Waals surface area contributed by atoms with Crippen molar-refractivity contribution in [1.29, 1.82) is 0 Å². The summed E-state index contributed by atoms with van der Waals surface area (Å²) in [7, 11) is 0. The average molecular weight is 373 g/mol. The Bertz CT molecular complexity index is 888. The van der Waals surface area contributed by atoms with E-state index < -0.39 is 5.41 Å². The summed E-state index contributed by atoms with van der Waals surface area (Å²) in [6.07, 6.45) is 5.51. The van der Waals surface area contributed by atoms with E-state index in [2.05, 4.69) is 53.4 Å². The van der Waals surface area contributed by atoms with Gasteiger partial charge >= 0.3 is 0 Å². The van der Waals surface area contributed by atoms with Crippen LogP contribution in [0.5, 0.6) is 0 Å². The first-order valence-corrected chi connectivity index (χ1v) is 10.6. The highest BCUT2D eigenvalue weighted by molar-refractivity contribution is 6.11. The number of para-hydroxylation sites is 1. The van der Waals surface area contributed by atoms with E-state index in [1.807, 2.05) is 6.07 Å². The van der Waals surface area contributed by atoms with E-state index in [9.17, 15) is 9.59 Å². The van der Waals surface area contributed by atoms with E-state index in [1.54, 1.807) is 0 Å². The summed E-state index contributed by atoms with van der Waals surface area (Å²) in [5, 5.41) is 0. The minimum Gasteiger partial charge on any atom is -0.367 e. The maximum absolute atomic E-state index is 13.3. The van der Waals surface area contributed by atoms with Crippen LogP contribution in [0.4, 0.5) is 5.69 Å². The first-order valence-electron chi connectivity index (χ1n) is 10.6. The van der Waals surface area contributed by atoms with E-state index in [1.165, 1.54) is 16.8 Å². The Morgan fingerprint density at radius 1 is 0.929 bits per heavy atom. The van der Waals surface area contributed by atoms with Gasteiger partial charge in [0.2, 0.25) is 0 Å². The Labute approximate surface area is 166 Å². The number of hydrogen-bond acceptors (Lipinski definition) is 3. The number of carbonyl (C=O) groups is 2. The molecular formula is C25H27NO2. The third kappa shape index (κ3) is 2.71. The number of nitrogens with zero attached hydrogens (tertiary/aromatic N) is 1. The van der Waals surface area contributed by atoms with Gasteiger partial charge in [-0.1, -0.05) is 48.5 Å². The molecule has 2 aromatic carbocycles. The van der Waals surface area contributed by atoms with Crippen molar-refractivity contribution >= 4 is 17.3 Å². The summed E-state index contributed by atoms with van der Waals surface area (Å²) in [6, 6.07) is 19.0. The van der Waals surface area contributed by atoms with Crippen LogP contribution >= 0.6 is 0 Å². The molecular weight excluding hydrogens is 346 g/mol. The molecule has 2 atom stereocenters. The van der Waals surface area contributed by atoms with Crippen LogP contribution in [0.2, 0.25) is 0 Å². The molecule has 0 N–H and O–H groups in total. The lowest BCUT2D eigenvalue weighted by atomic mass is 9.59. The highest BCUT2D eigenvalue weighted by Gasteiger charge is 2.57. The standard InChI is InChI=1S/C25H27NO2/c27-23-11-6-12-24(28)25(23)17-20-9-4-5-10-21(20)26-14-13-19(16-22(25)26)15-18-7-2-1-3-8-18/h1-5,7-10,19,22H,6,11-17H2. The first kappa shape index (κ1) is 17.7. The number of rotatable bonds is 2. The van der Waals surface area contributed by atoms with Gasteiger partial charge in [0.25, 0.3) is 0 Å². The number of carbonyl (C=O) groups excluding carboxylic acids is 2. The second-order valence-electron chi connectivity index (χ2n) is 8.77. The molecule has 1 saturated carbocycles. The third-order valence-electron chi connectivity index (χ3n) is 7.22. The molecule has 1 saturated heterocycles. The Kier molecular flexibility index (Phi) is 4.34. The molecule has 3 heteroatoms. The molecule has 2 fully saturated rings.